The van der Waals surface area contributed by atoms with Crippen molar-refractivity contribution >= 4 is 28.3 Å². The van der Waals surface area contributed by atoms with Crippen LogP contribution in [0.1, 0.15) is 5.56 Å². The highest BCUT2D eigenvalue weighted by atomic mass is 32.2. The number of nitriles is 1. The molecule has 0 atom stereocenters. The molecule has 1 aromatic carbocycles. The molecule has 0 unspecified atom stereocenters. The summed E-state index contributed by atoms with van der Waals surface area (Å²) in [7, 11) is 0. The minimum Gasteiger partial charge on any atom is -0.278 e. The average molecular weight is 298 g/mol. The highest BCUT2D eigenvalue weighted by Gasteiger charge is 2.25. The summed E-state index contributed by atoms with van der Waals surface area (Å²) >= 11 is 5.12. The second-order valence-corrected chi connectivity index (χ2v) is 4.51. The molecule has 0 saturated carbocycles. The molecule has 0 saturated heterocycles. The van der Waals surface area contributed by atoms with Crippen LogP contribution >= 0.6 is 24.0 Å². The van der Waals surface area contributed by atoms with Gasteiger partial charge in [0.25, 0.3) is 0 Å². The Hall–Kier alpha value is -1.40. The third-order valence-electron chi connectivity index (χ3n) is 1.81. The van der Waals surface area contributed by atoms with E-state index < -0.39 is 40.4 Å². The molecule has 96 valence electrons. The van der Waals surface area contributed by atoms with Crippen molar-refractivity contribution in [3.63, 3.8) is 0 Å². The zero-order chi connectivity index (χ0) is 13.9. The van der Waals surface area contributed by atoms with Gasteiger partial charge in [0.05, 0.1) is 0 Å². The predicted molar refractivity (Wildman–Crippen MR) is 58.9 cm³/mol. The molecule has 2 nitrogen and oxygen atoms in total. The Morgan fingerprint density at radius 2 is 1.50 bits per heavy atom. The van der Waals surface area contributed by atoms with Crippen LogP contribution in [0.25, 0.3) is 0 Å². The monoisotopic (exact) mass is 298 g/mol. The zero-order valence-electron chi connectivity index (χ0n) is 8.36. The molecule has 9 heteroatoms. The number of halogens is 5. The molecule has 0 aliphatic carbocycles. The maximum absolute atomic E-state index is 13.2. The summed E-state index contributed by atoms with van der Waals surface area (Å²) in [5, 5.41) is 10.2. The van der Waals surface area contributed by atoms with Crippen molar-refractivity contribution in [2.75, 3.05) is 0 Å². The summed E-state index contributed by atoms with van der Waals surface area (Å²) in [4.78, 5) is 0. The first-order chi connectivity index (χ1) is 8.40. The molecule has 0 aliphatic heterocycles. The third-order valence-corrected chi connectivity index (χ3v) is 3.06. The number of rotatable bonds is 2. The first kappa shape index (κ1) is 14.7. The van der Waals surface area contributed by atoms with Crippen molar-refractivity contribution in [2.24, 2.45) is 0 Å². The third kappa shape index (κ3) is 2.88. The van der Waals surface area contributed by atoms with Gasteiger partial charge in [-0.3, -0.25) is 5.32 Å². The number of hydrogen-bond acceptors (Lipinski definition) is 3. The first-order valence-electron chi connectivity index (χ1n) is 4.22. The minimum atomic E-state index is -2.21. The van der Waals surface area contributed by atoms with Gasteiger partial charge in [-0.25, -0.2) is 22.0 Å². The predicted octanol–water partition coefficient (Wildman–Crippen LogP) is 2.97. The van der Waals surface area contributed by atoms with Gasteiger partial charge in [-0.15, -0.1) is 0 Å². The van der Waals surface area contributed by atoms with Crippen molar-refractivity contribution < 1.29 is 22.0 Å². The van der Waals surface area contributed by atoms with E-state index in [1.165, 1.54) is 6.19 Å². The standard InChI is InChI=1S/C9H3F5N2S2/c10-4-3(1-18-9(17)16-2-15)5(11)7(13)8(14)6(4)12/h1H2,(H,16,17). The van der Waals surface area contributed by atoms with Gasteiger partial charge in [0.15, 0.2) is 29.5 Å². The summed E-state index contributed by atoms with van der Waals surface area (Å²) < 4.78 is 64.5. The fourth-order valence-corrected chi connectivity index (χ4v) is 1.87. The smallest absolute Gasteiger partial charge is 0.200 e. The number of benzene rings is 1. The highest BCUT2D eigenvalue weighted by Crippen LogP contribution is 2.26. The molecule has 1 N–H and O–H groups in total. The van der Waals surface area contributed by atoms with Crippen LogP contribution in [-0.2, 0) is 5.75 Å². The van der Waals surface area contributed by atoms with E-state index in [2.05, 4.69) is 12.2 Å². The normalized spacial score (nSPS) is 10.0. The topological polar surface area (TPSA) is 35.8 Å². The maximum Gasteiger partial charge on any atom is 0.200 e. The number of nitrogens with zero attached hydrogens (tertiary/aromatic N) is 1. The van der Waals surface area contributed by atoms with E-state index in [1.54, 1.807) is 0 Å². The summed E-state index contributed by atoms with van der Waals surface area (Å²) in [6.07, 6.45) is 1.46. The molecule has 0 aromatic heterocycles. The number of thioether (sulfide) groups is 1. The van der Waals surface area contributed by atoms with Crippen molar-refractivity contribution in [1.82, 2.24) is 5.32 Å². The lowest BCUT2D eigenvalue weighted by Gasteiger charge is -2.07. The van der Waals surface area contributed by atoms with Crippen LogP contribution in [0.5, 0.6) is 0 Å². The molecule has 0 fully saturated rings. The Bertz CT molecular complexity index is 512. The molecule has 0 bridgehead atoms. The van der Waals surface area contributed by atoms with Gasteiger partial charge in [-0.1, -0.05) is 24.0 Å². The first-order valence-corrected chi connectivity index (χ1v) is 5.61. The molecular formula is C9H3F5N2S2. The molecule has 0 spiro atoms. The van der Waals surface area contributed by atoms with Gasteiger partial charge in [0, 0.05) is 11.3 Å². The van der Waals surface area contributed by atoms with Gasteiger partial charge in [0.2, 0.25) is 5.82 Å². The fraction of sp³-hybridized carbons (Fsp3) is 0.111. The Labute approximate surface area is 108 Å². The second-order valence-electron chi connectivity index (χ2n) is 2.86. The lowest BCUT2D eigenvalue weighted by molar-refractivity contribution is 0.372. The fourth-order valence-electron chi connectivity index (χ4n) is 0.997. The molecule has 1 rings (SSSR count). The molecule has 18 heavy (non-hydrogen) atoms. The van der Waals surface area contributed by atoms with E-state index in [4.69, 9.17) is 5.26 Å². The second kappa shape index (κ2) is 5.97. The van der Waals surface area contributed by atoms with E-state index in [0.717, 1.165) is 0 Å². The van der Waals surface area contributed by atoms with Gasteiger partial charge in [-0.05, 0) is 0 Å². The SMILES string of the molecule is N#CNC(=S)SCc1c(F)c(F)c(F)c(F)c1F. The number of thiocarbonyl (C=S) groups is 1. The lowest BCUT2D eigenvalue weighted by atomic mass is 10.2. The Morgan fingerprint density at radius 1 is 1.06 bits per heavy atom. The number of hydrogen-bond donors (Lipinski definition) is 1. The van der Waals surface area contributed by atoms with E-state index >= 15 is 0 Å². The summed E-state index contributed by atoms with van der Waals surface area (Å²) in [5.74, 6) is -10.6. The van der Waals surface area contributed by atoms with Crippen molar-refractivity contribution in [1.29, 1.82) is 5.26 Å². The van der Waals surface area contributed by atoms with Gasteiger partial charge < -0.3 is 0 Å². The highest BCUT2D eigenvalue weighted by molar-refractivity contribution is 8.22. The summed E-state index contributed by atoms with van der Waals surface area (Å²) in [6.45, 7) is 0. The van der Waals surface area contributed by atoms with Crippen LogP contribution in [-0.4, -0.2) is 4.32 Å². The molecule has 0 aliphatic rings. The zero-order valence-corrected chi connectivity index (χ0v) is 9.99. The largest absolute Gasteiger partial charge is 0.278 e. The van der Waals surface area contributed by atoms with Gasteiger partial charge in [-0.2, -0.15) is 5.26 Å². The van der Waals surface area contributed by atoms with E-state index in [1.807, 2.05) is 5.32 Å². The summed E-state index contributed by atoms with van der Waals surface area (Å²) in [5.41, 5.74) is -0.988. The maximum atomic E-state index is 13.2. The van der Waals surface area contributed by atoms with Crippen molar-refractivity contribution in [3.8, 4) is 6.19 Å². The Kier molecular flexibility index (Phi) is 4.86. The van der Waals surface area contributed by atoms with Crippen LogP contribution in [0, 0.1) is 40.5 Å². The van der Waals surface area contributed by atoms with E-state index in [9.17, 15) is 22.0 Å². The van der Waals surface area contributed by atoms with Crippen LogP contribution in [0.15, 0.2) is 0 Å². The molecule has 0 radical (unpaired) electrons. The molecule has 0 amide bonds. The van der Waals surface area contributed by atoms with Crippen LogP contribution < -0.4 is 5.32 Å². The molecule has 0 heterocycles. The minimum absolute atomic E-state index is 0.138. The number of nitrogens with one attached hydrogen (secondary N) is 1. The molecule has 1 aromatic rings. The van der Waals surface area contributed by atoms with Crippen molar-refractivity contribution in [2.45, 2.75) is 5.75 Å². The van der Waals surface area contributed by atoms with Crippen LogP contribution in [0.3, 0.4) is 0 Å². The van der Waals surface area contributed by atoms with Crippen LogP contribution in [0.4, 0.5) is 22.0 Å². The van der Waals surface area contributed by atoms with Gasteiger partial charge >= 0.3 is 0 Å². The van der Waals surface area contributed by atoms with Gasteiger partial charge in [0.1, 0.15) is 4.32 Å². The average Bonchev–Trinajstić information content (AvgIpc) is 2.34. The summed E-state index contributed by atoms with van der Waals surface area (Å²) in [6, 6.07) is 0. The van der Waals surface area contributed by atoms with E-state index in [-0.39, 0.29) is 4.32 Å². The Morgan fingerprint density at radius 3 is 1.94 bits per heavy atom. The Balaban J connectivity index is 3.04. The quantitative estimate of drug-likeness (QED) is 0.227. The van der Waals surface area contributed by atoms with Crippen LogP contribution in [0.2, 0.25) is 0 Å². The van der Waals surface area contributed by atoms with E-state index in [0.29, 0.717) is 11.8 Å². The van der Waals surface area contributed by atoms with Crippen molar-refractivity contribution in [3.05, 3.63) is 34.6 Å². The lowest BCUT2D eigenvalue weighted by Crippen LogP contribution is -2.12. The molecular weight excluding hydrogens is 295 g/mol.